The van der Waals surface area contributed by atoms with Gasteiger partial charge in [0.2, 0.25) is 5.91 Å². The molecule has 5 nitrogen and oxygen atoms in total. The zero-order valence-corrected chi connectivity index (χ0v) is 11.6. The van der Waals surface area contributed by atoms with Crippen LogP contribution in [0.4, 0.5) is 0 Å². The van der Waals surface area contributed by atoms with Crippen molar-refractivity contribution in [2.75, 3.05) is 0 Å². The summed E-state index contributed by atoms with van der Waals surface area (Å²) in [5, 5.41) is 2.92. The second kappa shape index (κ2) is 6.42. The summed E-state index contributed by atoms with van der Waals surface area (Å²) >= 11 is 0. The Bertz CT molecular complexity index is 441. The quantitative estimate of drug-likeness (QED) is 0.836. The third-order valence-corrected chi connectivity index (χ3v) is 3.09. The first-order valence-corrected chi connectivity index (χ1v) is 6.56. The van der Waals surface area contributed by atoms with Gasteiger partial charge in [-0.2, -0.15) is 0 Å². The summed E-state index contributed by atoms with van der Waals surface area (Å²) in [6.45, 7) is 8.05. The molecule has 0 aromatic carbocycles. The number of hydrogen-bond donors (Lipinski definition) is 1. The molecule has 0 aliphatic rings. The van der Waals surface area contributed by atoms with E-state index in [9.17, 15) is 9.59 Å². The van der Waals surface area contributed by atoms with E-state index in [1.807, 2.05) is 27.7 Å². The normalized spacial score (nSPS) is 11.2. The fraction of sp³-hybridized carbons (Fsp3) is 0.692. The van der Waals surface area contributed by atoms with Crippen LogP contribution in [0.25, 0.3) is 0 Å². The van der Waals surface area contributed by atoms with Crippen molar-refractivity contribution in [1.29, 1.82) is 0 Å². The molecule has 1 aromatic rings. The van der Waals surface area contributed by atoms with Crippen LogP contribution < -0.4 is 11.0 Å². The first-order chi connectivity index (χ1) is 8.49. The van der Waals surface area contributed by atoms with Gasteiger partial charge in [0.1, 0.15) is 6.54 Å². The molecule has 0 saturated heterocycles. The van der Waals surface area contributed by atoms with Crippen molar-refractivity contribution in [3.63, 3.8) is 0 Å². The third kappa shape index (κ3) is 3.48. The largest absolute Gasteiger partial charge is 0.352 e. The molecule has 0 unspecified atom stereocenters. The van der Waals surface area contributed by atoms with Crippen molar-refractivity contribution in [1.82, 2.24) is 14.5 Å². The molecule has 1 heterocycles. The van der Waals surface area contributed by atoms with Gasteiger partial charge in [-0.15, -0.1) is 0 Å². The summed E-state index contributed by atoms with van der Waals surface area (Å²) in [6.07, 6.45) is 5.19. The van der Waals surface area contributed by atoms with Crippen molar-refractivity contribution < 1.29 is 4.79 Å². The highest BCUT2D eigenvalue weighted by atomic mass is 16.2. The maximum Gasteiger partial charge on any atom is 0.328 e. The zero-order valence-electron chi connectivity index (χ0n) is 11.6. The van der Waals surface area contributed by atoms with Gasteiger partial charge in [-0.3, -0.25) is 13.9 Å². The maximum absolute atomic E-state index is 11.9. The van der Waals surface area contributed by atoms with E-state index in [1.165, 1.54) is 4.57 Å². The predicted octanol–water partition coefficient (Wildman–Crippen LogP) is 1.54. The summed E-state index contributed by atoms with van der Waals surface area (Å²) in [5.74, 6) is -0.104. The molecule has 1 amide bonds. The maximum atomic E-state index is 11.9. The highest BCUT2D eigenvalue weighted by Crippen LogP contribution is 2.00. The molecule has 0 spiro atoms. The van der Waals surface area contributed by atoms with E-state index in [-0.39, 0.29) is 30.2 Å². The minimum Gasteiger partial charge on any atom is -0.352 e. The summed E-state index contributed by atoms with van der Waals surface area (Å²) in [7, 11) is 0. The minimum absolute atomic E-state index is 0.0923. The summed E-state index contributed by atoms with van der Waals surface area (Å²) in [6, 6.07) is 0.307. The Balaban J connectivity index is 2.68. The SMILES string of the molecule is CCC(CC)NC(=O)Cn1ccn(C(C)C)c1=O. The minimum atomic E-state index is -0.135. The van der Waals surface area contributed by atoms with Crippen molar-refractivity contribution >= 4 is 5.91 Å². The average Bonchev–Trinajstić information content (AvgIpc) is 2.68. The second-order valence-electron chi connectivity index (χ2n) is 4.79. The Kier molecular flexibility index (Phi) is 5.19. The molecule has 0 fully saturated rings. The van der Waals surface area contributed by atoms with E-state index in [4.69, 9.17) is 0 Å². The molecule has 18 heavy (non-hydrogen) atoms. The number of carbonyl (C=O) groups is 1. The standard InChI is InChI=1S/C13H23N3O2/c1-5-11(6-2)14-12(17)9-15-7-8-16(10(3)4)13(15)18/h7-8,10-11H,5-6,9H2,1-4H3,(H,14,17). The third-order valence-electron chi connectivity index (χ3n) is 3.09. The van der Waals surface area contributed by atoms with Crippen molar-refractivity contribution in [2.45, 2.75) is 59.2 Å². The number of nitrogens with zero attached hydrogens (tertiary/aromatic N) is 2. The van der Waals surface area contributed by atoms with Gasteiger partial charge in [0.15, 0.2) is 0 Å². The van der Waals surface area contributed by atoms with Crippen LogP contribution in [0, 0.1) is 0 Å². The van der Waals surface area contributed by atoms with Crippen LogP contribution in [0.5, 0.6) is 0 Å². The van der Waals surface area contributed by atoms with E-state index < -0.39 is 0 Å². The first-order valence-electron chi connectivity index (χ1n) is 6.56. The smallest absolute Gasteiger partial charge is 0.328 e. The number of carbonyl (C=O) groups excluding carboxylic acids is 1. The number of hydrogen-bond acceptors (Lipinski definition) is 2. The van der Waals surface area contributed by atoms with E-state index in [0.29, 0.717) is 0 Å². The van der Waals surface area contributed by atoms with Gasteiger partial charge in [-0.25, -0.2) is 4.79 Å². The molecular formula is C13H23N3O2. The molecular weight excluding hydrogens is 230 g/mol. The van der Waals surface area contributed by atoms with Crippen LogP contribution in [0.15, 0.2) is 17.2 Å². The van der Waals surface area contributed by atoms with Crippen molar-refractivity contribution in [2.24, 2.45) is 0 Å². The van der Waals surface area contributed by atoms with Crippen LogP contribution in [-0.4, -0.2) is 21.1 Å². The van der Waals surface area contributed by atoms with Gasteiger partial charge < -0.3 is 5.32 Å². The predicted molar refractivity (Wildman–Crippen MR) is 71.6 cm³/mol. The molecule has 0 atom stereocenters. The lowest BCUT2D eigenvalue weighted by Crippen LogP contribution is -2.38. The van der Waals surface area contributed by atoms with E-state index in [2.05, 4.69) is 5.32 Å². The van der Waals surface area contributed by atoms with Crippen LogP contribution in [-0.2, 0) is 11.3 Å². The summed E-state index contributed by atoms with van der Waals surface area (Å²) in [5.41, 5.74) is -0.135. The van der Waals surface area contributed by atoms with Gasteiger partial charge in [-0.05, 0) is 26.7 Å². The number of nitrogens with one attached hydrogen (secondary N) is 1. The highest BCUT2D eigenvalue weighted by molar-refractivity contribution is 5.76. The second-order valence-corrected chi connectivity index (χ2v) is 4.79. The first kappa shape index (κ1) is 14.5. The van der Waals surface area contributed by atoms with Gasteiger partial charge >= 0.3 is 5.69 Å². The van der Waals surface area contributed by atoms with Crippen LogP contribution >= 0.6 is 0 Å². The van der Waals surface area contributed by atoms with Crippen LogP contribution in [0.2, 0.25) is 0 Å². The topological polar surface area (TPSA) is 56.0 Å². The van der Waals surface area contributed by atoms with Gasteiger partial charge in [0, 0.05) is 24.5 Å². The number of imidazole rings is 1. The monoisotopic (exact) mass is 253 g/mol. The Labute approximate surface area is 108 Å². The summed E-state index contributed by atoms with van der Waals surface area (Å²) in [4.78, 5) is 23.7. The molecule has 5 heteroatoms. The van der Waals surface area contributed by atoms with E-state index in [1.54, 1.807) is 17.0 Å². The molecule has 0 bridgehead atoms. The van der Waals surface area contributed by atoms with E-state index in [0.717, 1.165) is 12.8 Å². The molecule has 1 rings (SSSR count). The lowest BCUT2D eigenvalue weighted by molar-refractivity contribution is -0.122. The molecule has 102 valence electrons. The van der Waals surface area contributed by atoms with Gasteiger partial charge in [0.05, 0.1) is 0 Å². The fourth-order valence-corrected chi connectivity index (χ4v) is 1.86. The lowest BCUT2D eigenvalue weighted by atomic mass is 10.2. The van der Waals surface area contributed by atoms with Crippen LogP contribution in [0.1, 0.15) is 46.6 Å². The Morgan fingerprint density at radius 3 is 2.33 bits per heavy atom. The Morgan fingerprint density at radius 1 is 1.28 bits per heavy atom. The van der Waals surface area contributed by atoms with Gasteiger partial charge in [-0.1, -0.05) is 13.8 Å². The van der Waals surface area contributed by atoms with Crippen molar-refractivity contribution in [3.8, 4) is 0 Å². The highest BCUT2D eigenvalue weighted by Gasteiger charge is 2.12. The number of aromatic nitrogens is 2. The molecule has 1 aromatic heterocycles. The van der Waals surface area contributed by atoms with Crippen molar-refractivity contribution in [3.05, 3.63) is 22.9 Å². The van der Waals surface area contributed by atoms with Crippen LogP contribution in [0.3, 0.4) is 0 Å². The van der Waals surface area contributed by atoms with Gasteiger partial charge in [0.25, 0.3) is 0 Å². The zero-order chi connectivity index (χ0) is 13.7. The number of rotatable bonds is 6. The Morgan fingerprint density at radius 2 is 1.89 bits per heavy atom. The molecule has 1 N–H and O–H groups in total. The lowest BCUT2D eigenvalue weighted by Gasteiger charge is -2.14. The summed E-state index contributed by atoms with van der Waals surface area (Å²) < 4.78 is 3.06. The molecule has 0 saturated carbocycles. The molecule has 0 radical (unpaired) electrons. The fourth-order valence-electron chi connectivity index (χ4n) is 1.86. The van der Waals surface area contributed by atoms with E-state index >= 15 is 0 Å². The molecule has 0 aliphatic heterocycles. The number of amides is 1. The Hall–Kier alpha value is -1.52. The molecule has 0 aliphatic carbocycles. The average molecular weight is 253 g/mol.